The molecule has 0 saturated heterocycles. The summed E-state index contributed by atoms with van der Waals surface area (Å²) < 4.78 is 46.0. The van der Waals surface area contributed by atoms with Crippen LogP contribution in [0.4, 0.5) is 18.0 Å². The Kier molecular flexibility index (Phi) is 5.15. The highest BCUT2D eigenvalue weighted by Gasteiger charge is 2.39. The van der Waals surface area contributed by atoms with Gasteiger partial charge >= 0.3 is 12.3 Å². The predicted octanol–water partition coefficient (Wildman–Crippen LogP) is 3.58. The fourth-order valence-corrected chi connectivity index (χ4v) is 4.14. The molecule has 2 aromatic rings. The Labute approximate surface area is 177 Å². The van der Waals surface area contributed by atoms with E-state index in [2.05, 4.69) is 10.4 Å². The Bertz CT molecular complexity index is 1010. The summed E-state index contributed by atoms with van der Waals surface area (Å²) in [5.74, 6) is -0.493. The average molecular weight is 438 g/mol. The fraction of sp³-hybridized carbons (Fsp3) is 0.524. The number of halogens is 3. The normalized spacial score (nSPS) is 19.0. The van der Waals surface area contributed by atoms with Gasteiger partial charge in [-0.25, -0.2) is 9.48 Å². The number of aromatic nitrogens is 2. The summed E-state index contributed by atoms with van der Waals surface area (Å²) in [5.41, 5.74) is 1.06. The standard InChI is InChI=1S/C21H25F3N4O3/c1-20(2,3)31-19(30)27-9-7-15-18-13(6-8-25-11-16(18)27)26-28(15)14-5-4-12(10-17(14)29)21(22,23)24/h4-5,10,16,25,29H,6-9,11H2,1-3H3. The zero-order valence-corrected chi connectivity index (χ0v) is 17.6. The third kappa shape index (κ3) is 4.08. The second-order valence-corrected chi connectivity index (χ2v) is 8.81. The Balaban J connectivity index is 1.75. The second-order valence-electron chi connectivity index (χ2n) is 8.81. The van der Waals surface area contributed by atoms with E-state index in [9.17, 15) is 23.1 Å². The van der Waals surface area contributed by atoms with Crippen LogP contribution in [-0.4, -0.2) is 51.1 Å². The maximum atomic E-state index is 13.0. The fourth-order valence-electron chi connectivity index (χ4n) is 4.14. The highest BCUT2D eigenvalue weighted by atomic mass is 19.4. The van der Waals surface area contributed by atoms with Gasteiger partial charge in [0, 0.05) is 38.0 Å². The molecule has 1 aromatic heterocycles. The van der Waals surface area contributed by atoms with Crippen molar-refractivity contribution in [1.82, 2.24) is 20.0 Å². The van der Waals surface area contributed by atoms with Crippen molar-refractivity contribution in [2.45, 2.75) is 51.4 Å². The molecule has 1 atom stereocenters. The van der Waals surface area contributed by atoms with E-state index in [4.69, 9.17) is 4.74 Å². The van der Waals surface area contributed by atoms with Crippen molar-refractivity contribution >= 4 is 6.09 Å². The SMILES string of the molecule is CC(C)(C)OC(=O)N1CCc2c3c(nn2-c2ccc(C(F)(F)F)cc2O)CCNCC31. The Morgan fingerprint density at radius 2 is 2.00 bits per heavy atom. The van der Waals surface area contributed by atoms with Crippen molar-refractivity contribution in [3.05, 3.63) is 40.7 Å². The van der Waals surface area contributed by atoms with Gasteiger partial charge in [0.05, 0.1) is 23.0 Å². The van der Waals surface area contributed by atoms with Crippen molar-refractivity contribution in [3.63, 3.8) is 0 Å². The Hall–Kier alpha value is -2.75. The van der Waals surface area contributed by atoms with Crippen LogP contribution in [0, 0.1) is 0 Å². The largest absolute Gasteiger partial charge is 0.506 e. The van der Waals surface area contributed by atoms with Crippen molar-refractivity contribution in [3.8, 4) is 11.4 Å². The number of hydrogen-bond donors (Lipinski definition) is 2. The van der Waals surface area contributed by atoms with Gasteiger partial charge in [-0.15, -0.1) is 0 Å². The maximum Gasteiger partial charge on any atom is 0.416 e. The molecule has 4 rings (SSSR count). The smallest absolute Gasteiger partial charge is 0.416 e. The van der Waals surface area contributed by atoms with Gasteiger partial charge in [-0.3, -0.25) is 4.90 Å². The summed E-state index contributed by atoms with van der Waals surface area (Å²) >= 11 is 0. The van der Waals surface area contributed by atoms with Crippen molar-refractivity contribution in [1.29, 1.82) is 0 Å². The molecule has 0 fully saturated rings. The van der Waals surface area contributed by atoms with E-state index in [1.807, 2.05) is 20.8 Å². The molecule has 168 valence electrons. The molecule has 10 heteroatoms. The predicted molar refractivity (Wildman–Crippen MR) is 106 cm³/mol. The number of alkyl halides is 3. The summed E-state index contributed by atoms with van der Waals surface area (Å²) in [5, 5.41) is 18.3. The number of nitrogens with zero attached hydrogens (tertiary/aromatic N) is 3. The molecule has 0 aliphatic carbocycles. The molecule has 1 unspecified atom stereocenters. The van der Waals surface area contributed by atoms with Crippen molar-refractivity contribution < 1.29 is 27.8 Å². The van der Waals surface area contributed by atoms with Gasteiger partial charge in [0.2, 0.25) is 0 Å². The molecule has 31 heavy (non-hydrogen) atoms. The van der Waals surface area contributed by atoms with Gasteiger partial charge in [-0.05, 0) is 39.0 Å². The minimum absolute atomic E-state index is 0.188. The third-order valence-corrected chi connectivity index (χ3v) is 5.43. The van der Waals surface area contributed by atoms with Gasteiger partial charge in [0.1, 0.15) is 17.0 Å². The van der Waals surface area contributed by atoms with Gasteiger partial charge in [-0.1, -0.05) is 0 Å². The zero-order valence-electron chi connectivity index (χ0n) is 17.6. The minimum Gasteiger partial charge on any atom is -0.506 e. The lowest BCUT2D eigenvalue weighted by Crippen LogP contribution is -2.46. The third-order valence-electron chi connectivity index (χ3n) is 5.43. The minimum atomic E-state index is -4.55. The summed E-state index contributed by atoms with van der Waals surface area (Å²) in [6.07, 6.45) is -3.91. The number of carbonyl (C=O) groups is 1. The maximum absolute atomic E-state index is 13.0. The molecule has 0 bridgehead atoms. The topological polar surface area (TPSA) is 79.6 Å². The molecule has 1 amide bonds. The first-order valence-corrected chi connectivity index (χ1v) is 10.2. The van der Waals surface area contributed by atoms with Crippen molar-refractivity contribution in [2.75, 3.05) is 19.6 Å². The van der Waals surface area contributed by atoms with Gasteiger partial charge < -0.3 is 15.2 Å². The van der Waals surface area contributed by atoms with Crippen LogP contribution >= 0.6 is 0 Å². The number of aromatic hydroxyl groups is 1. The summed E-state index contributed by atoms with van der Waals surface area (Å²) in [7, 11) is 0. The highest BCUT2D eigenvalue weighted by Crippen LogP contribution is 2.39. The van der Waals surface area contributed by atoms with E-state index in [-0.39, 0.29) is 11.7 Å². The number of rotatable bonds is 1. The van der Waals surface area contributed by atoms with E-state index in [1.165, 1.54) is 10.7 Å². The average Bonchev–Trinajstić information content (AvgIpc) is 2.87. The van der Waals surface area contributed by atoms with Gasteiger partial charge in [-0.2, -0.15) is 18.3 Å². The van der Waals surface area contributed by atoms with Crippen LogP contribution in [0.5, 0.6) is 5.75 Å². The monoisotopic (exact) mass is 438 g/mol. The van der Waals surface area contributed by atoms with Crippen LogP contribution in [0.25, 0.3) is 5.69 Å². The lowest BCUT2D eigenvalue weighted by atomic mass is 9.96. The van der Waals surface area contributed by atoms with E-state index >= 15 is 0 Å². The first-order chi connectivity index (χ1) is 14.5. The first-order valence-electron chi connectivity index (χ1n) is 10.2. The van der Waals surface area contributed by atoms with Crippen molar-refractivity contribution in [2.24, 2.45) is 0 Å². The van der Waals surface area contributed by atoms with Crippen LogP contribution in [0.2, 0.25) is 0 Å². The number of nitrogens with one attached hydrogen (secondary N) is 1. The Morgan fingerprint density at radius 3 is 2.65 bits per heavy atom. The van der Waals surface area contributed by atoms with Crippen LogP contribution in [0.1, 0.15) is 49.3 Å². The molecule has 2 aliphatic rings. The molecular formula is C21H25F3N4O3. The Morgan fingerprint density at radius 1 is 1.26 bits per heavy atom. The second kappa shape index (κ2) is 7.44. The molecular weight excluding hydrogens is 413 g/mol. The summed E-state index contributed by atoms with van der Waals surface area (Å²) in [6, 6.07) is 2.57. The van der Waals surface area contributed by atoms with E-state index in [0.29, 0.717) is 38.5 Å². The summed E-state index contributed by atoms with van der Waals surface area (Å²) in [4.78, 5) is 14.5. The van der Waals surface area contributed by atoms with Crippen LogP contribution in [0.15, 0.2) is 18.2 Å². The zero-order chi connectivity index (χ0) is 22.6. The number of carbonyl (C=O) groups excluding carboxylic acids is 1. The van der Waals surface area contributed by atoms with E-state index < -0.39 is 29.2 Å². The van der Waals surface area contributed by atoms with Crippen LogP contribution < -0.4 is 5.32 Å². The van der Waals surface area contributed by atoms with Gasteiger partial charge in [0.15, 0.2) is 0 Å². The number of amides is 1. The van der Waals surface area contributed by atoms with E-state index in [0.717, 1.165) is 23.0 Å². The van der Waals surface area contributed by atoms with E-state index in [1.54, 1.807) is 4.90 Å². The number of ether oxygens (including phenoxy) is 1. The molecule has 3 heterocycles. The van der Waals surface area contributed by atoms with Gasteiger partial charge in [0.25, 0.3) is 0 Å². The molecule has 0 radical (unpaired) electrons. The number of benzene rings is 1. The number of hydrogen-bond acceptors (Lipinski definition) is 5. The molecule has 0 spiro atoms. The molecule has 1 aromatic carbocycles. The first kappa shape index (κ1) is 21.5. The lowest BCUT2D eigenvalue weighted by Gasteiger charge is -2.36. The number of phenols is 1. The molecule has 2 N–H and O–H groups in total. The summed E-state index contributed by atoms with van der Waals surface area (Å²) in [6.45, 7) is 6.97. The highest BCUT2D eigenvalue weighted by molar-refractivity contribution is 5.70. The van der Waals surface area contributed by atoms with Crippen LogP contribution in [0.3, 0.4) is 0 Å². The quantitative estimate of drug-likeness (QED) is 0.712. The molecule has 0 saturated carbocycles. The van der Waals surface area contributed by atoms with Crippen LogP contribution in [-0.2, 0) is 23.8 Å². The molecule has 7 nitrogen and oxygen atoms in total. The lowest BCUT2D eigenvalue weighted by molar-refractivity contribution is -0.137. The molecule has 2 aliphatic heterocycles. The number of phenolic OH excluding ortho intramolecular Hbond substituents is 1.